The lowest BCUT2D eigenvalue weighted by atomic mass is 10.1. The molecular formula is C19H15F2N5O. The largest absolute Gasteiger partial charge is 0.496 e. The van der Waals surface area contributed by atoms with Crippen LogP contribution in [0, 0.1) is 11.6 Å². The number of benzene rings is 1. The van der Waals surface area contributed by atoms with Crippen LogP contribution in [0.4, 0.5) is 14.6 Å². The van der Waals surface area contributed by atoms with Gasteiger partial charge in [0.1, 0.15) is 29.5 Å². The summed E-state index contributed by atoms with van der Waals surface area (Å²) in [6.07, 6.45) is 4.34. The molecule has 0 fully saturated rings. The molecule has 0 amide bonds. The predicted octanol–water partition coefficient (Wildman–Crippen LogP) is 3.69. The Morgan fingerprint density at radius 1 is 1.07 bits per heavy atom. The minimum absolute atomic E-state index is 0.198. The van der Waals surface area contributed by atoms with E-state index < -0.39 is 5.82 Å². The standard InChI is InChI=1S/C19H15F2N5O/c1-27-17-4-2-3-15(20)14(17)10-23-18-6-5-12(19-25-24-11-26(18)19)13-9-22-8-7-16(13)21/h2-9,11,23H,10H2,1H3. The Hall–Kier alpha value is -3.55. The van der Waals surface area contributed by atoms with Gasteiger partial charge in [0, 0.05) is 35.6 Å². The summed E-state index contributed by atoms with van der Waals surface area (Å²) in [7, 11) is 1.49. The SMILES string of the molecule is COc1cccc(F)c1CNc1ccc(-c2cnccc2F)c2nncn12. The topological polar surface area (TPSA) is 64.3 Å². The van der Waals surface area contributed by atoms with Crippen LogP contribution in [-0.4, -0.2) is 26.7 Å². The molecule has 6 nitrogen and oxygen atoms in total. The molecule has 0 atom stereocenters. The molecule has 8 heteroatoms. The van der Waals surface area contributed by atoms with Crippen LogP contribution in [0.5, 0.6) is 5.75 Å². The van der Waals surface area contributed by atoms with Crippen LogP contribution in [0.25, 0.3) is 16.8 Å². The maximum Gasteiger partial charge on any atom is 0.170 e. The maximum atomic E-state index is 14.1. The van der Waals surface area contributed by atoms with E-state index in [1.165, 1.54) is 38.0 Å². The van der Waals surface area contributed by atoms with Crippen LogP contribution in [-0.2, 0) is 6.54 Å². The van der Waals surface area contributed by atoms with E-state index in [1.54, 1.807) is 28.7 Å². The molecular weight excluding hydrogens is 352 g/mol. The number of halogens is 2. The first kappa shape index (κ1) is 16.9. The second kappa shape index (κ2) is 6.99. The molecule has 0 aliphatic rings. The van der Waals surface area contributed by atoms with Crippen molar-refractivity contribution in [2.24, 2.45) is 0 Å². The highest BCUT2D eigenvalue weighted by atomic mass is 19.1. The van der Waals surface area contributed by atoms with Gasteiger partial charge in [-0.05, 0) is 30.3 Å². The van der Waals surface area contributed by atoms with Gasteiger partial charge in [-0.1, -0.05) is 6.07 Å². The summed E-state index contributed by atoms with van der Waals surface area (Å²) >= 11 is 0. The summed E-state index contributed by atoms with van der Waals surface area (Å²) in [6, 6.07) is 9.44. The second-order valence-corrected chi connectivity index (χ2v) is 5.79. The molecule has 0 aliphatic carbocycles. The highest BCUT2D eigenvalue weighted by Crippen LogP contribution is 2.28. The van der Waals surface area contributed by atoms with Gasteiger partial charge in [-0.15, -0.1) is 10.2 Å². The fourth-order valence-corrected chi connectivity index (χ4v) is 2.92. The number of nitrogens with one attached hydrogen (secondary N) is 1. The van der Waals surface area contributed by atoms with Gasteiger partial charge in [-0.25, -0.2) is 8.78 Å². The molecule has 0 saturated heterocycles. The molecule has 1 N–H and O–H groups in total. The molecule has 4 aromatic rings. The van der Waals surface area contributed by atoms with Crippen molar-refractivity contribution in [3.05, 3.63) is 72.3 Å². The van der Waals surface area contributed by atoms with Gasteiger partial charge >= 0.3 is 0 Å². The van der Waals surface area contributed by atoms with E-state index in [-0.39, 0.29) is 12.4 Å². The van der Waals surface area contributed by atoms with E-state index in [1.807, 2.05) is 0 Å². The number of fused-ring (bicyclic) bond motifs is 1. The van der Waals surface area contributed by atoms with Crippen molar-refractivity contribution < 1.29 is 13.5 Å². The van der Waals surface area contributed by atoms with Gasteiger partial charge in [-0.2, -0.15) is 0 Å². The first-order chi connectivity index (χ1) is 13.2. The zero-order valence-corrected chi connectivity index (χ0v) is 14.4. The van der Waals surface area contributed by atoms with E-state index >= 15 is 0 Å². The van der Waals surface area contributed by atoms with Crippen molar-refractivity contribution in [1.29, 1.82) is 0 Å². The van der Waals surface area contributed by atoms with Crippen LogP contribution in [0.1, 0.15) is 5.56 Å². The van der Waals surface area contributed by atoms with Crippen LogP contribution in [0.15, 0.2) is 55.1 Å². The Morgan fingerprint density at radius 2 is 1.96 bits per heavy atom. The van der Waals surface area contributed by atoms with E-state index in [0.717, 1.165) is 0 Å². The summed E-state index contributed by atoms with van der Waals surface area (Å²) in [4.78, 5) is 3.97. The smallest absolute Gasteiger partial charge is 0.170 e. The number of aromatic nitrogens is 4. The fourth-order valence-electron chi connectivity index (χ4n) is 2.92. The molecule has 0 radical (unpaired) electrons. The zero-order valence-electron chi connectivity index (χ0n) is 14.4. The molecule has 27 heavy (non-hydrogen) atoms. The molecule has 1 aromatic carbocycles. The fraction of sp³-hybridized carbons (Fsp3) is 0.105. The quantitative estimate of drug-likeness (QED) is 0.583. The summed E-state index contributed by atoms with van der Waals surface area (Å²) in [5, 5.41) is 11.2. The highest BCUT2D eigenvalue weighted by Gasteiger charge is 2.14. The number of nitrogens with zero attached hydrogens (tertiary/aromatic N) is 4. The number of hydrogen-bond donors (Lipinski definition) is 1. The van der Waals surface area contributed by atoms with Gasteiger partial charge in [0.25, 0.3) is 0 Å². The molecule has 0 aliphatic heterocycles. The number of anilines is 1. The van der Waals surface area contributed by atoms with Gasteiger partial charge in [0.2, 0.25) is 0 Å². The van der Waals surface area contributed by atoms with Crippen LogP contribution in [0.3, 0.4) is 0 Å². The zero-order chi connectivity index (χ0) is 18.8. The molecule has 4 rings (SSSR count). The van der Waals surface area contributed by atoms with Crippen molar-refractivity contribution in [2.75, 3.05) is 12.4 Å². The lowest BCUT2D eigenvalue weighted by Crippen LogP contribution is -2.07. The Kier molecular flexibility index (Phi) is 4.37. The van der Waals surface area contributed by atoms with Gasteiger partial charge < -0.3 is 10.1 Å². The first-order valence-corrected chi connectivity index (χ1v) is 8.17. The number of ether oxygens (including phenoxy) is 1. The Bertz CT molecular complexity index is 1110. The third-order valence-electron chi connectivity index (χ3n) is 4.26. The van der Waals surface area contributed by atoms with Crippen LogP contribution < -0.4 is 10.1 Å². The predicted molar refractivity (Wildman–Crippen MR) is 96.5 cm³/mol. The second-order valence-electron chi connectivity index (χ2n) is 5.79. The third-order valence-corrected chi connectivity index (χ3v) is 4.26. The maximum absolute atomic E-state index is 14.1. The van der Waals surface area contributed by atoms with Crippen molar-refractivity contribution in [3.8, 4) is 16.9 Å². The molecule has 0 saturated carbocycles. The van der Waals surface area contributed by atoms with Crippen molar-refractivity contribution in [3.63, 3.8) is 0 Å². The Labute approximate surface area is 153 Å². The van der Waals surface area contributed by atoms with Gasteiger partial charge in [0.05, 0.1) is 7.11 Å². The van der Waals surface area contributed by atoms with Crippen LogP contribution >= 0.6 is 0 Å². The summed E-state index contributed by atoms with van der Waals surface area (Å²) in [5.74, 6) is 0.326. The average molecular weight is 367 g/mol. The number of methoxy groups -OCH3 is 1. The highest BCUT2D eigenvalue weighted by molar-refractivity contribution is 5.78. The average Bonchev–Trinajstić information content (AvgIpc) is 3.17. The molecule has 136 valence electrons. The van der Waals surface area contributed by atoms with Crippen LogP contribution in [0.2, 0.25) is 0 Å². The molecule has 0 bridgehead atoms. The minimum atomic E-state index is -0.397. The third kappa shape index (κ3) is 3.05. The summed E-state index contributed by atoms with van der Waals surface area (Å²) < 4.78 is 35.2. The molecule has 0 spiro atoms. The lowest BCUT2D eigenvalue weighted by molar-refractivity contribution is 0.405. The monoisotopic (exact) mass is 367 g/mol. The summed E-state index contributed by atoms with van der Waals surface area (Å²) in [5.41, 5.74) is 1.76. The summed E-state index contributed by atoms with van der Waals surface area (Å²) in [6.45, 7) is 0.198. The lowest BCUT2D eigenvalue weighted by Gasteiger charge is -2.13. The normalized spacial score (nSPS) is 10.9. The van der Waals surface area contributed by atoms with Gasteiger partial charge in [0.15, 0.2) is 5.65 Å². The van der Waals surface area contributed by atoms with E-state index in [4.69, 9.17) is 4.74 Å². The van der Waals surface area contributed by atoms with Gasteiger partial charge in [-0.3, -0.25) is 9.38 Å². The van der Waals surface area contributed by atoms with Crippen molar-refractivity contribution >= 4 is 11.5 Å². The van der Waals surface area contributed by atoms with Crippen molar-refractivity contribution in [2.45, 2.75) is 6.54 Å². The molecule has 3 heterocycles. The number of rotatable bonds is 5. The Balaban J connectivity index is 1.70. The Morgan fingerprint density at radius 3 is 2.78 bits per heavy atom. The number of hydrogen-bond acceptors (Lipinski definition) is 5. The van der Waals surface area contributed by atoms with E-state index in [0.29, 0.717) is 33.9 Å². The molecule has 3 aromatic heterocycles. The first-order valence-electron chi connectivity index (χ1n) is 8.17. The van der Waals surface area contributed by atoms with Crippen molar-refractivity contribution in [1.82, 2.24) is 19.6 Å². The number of pyridine rings is 2. The minimum Gasteiger partial charge on any atom is -0.496 e. The molecule has 0 unspecified atom stereocenters. The van der Waals surface area contributed by atoms with E-state index in [9.17, 15) is 8.78 Å². The van der Waals surface area contributed by atoms with E-state index in [2.05, 4.69) is 20.5 Å².